The fourth-order valence-electron chi connectivity index (χ4n) is 2.04. The van der Waals surface area contributed by atoms with Crippen LogP contribution in [0.25, 0.3) is 0 Å². The van der Waals surface area contributed by atoms with Crippen molar-refractivity contribution >= 4 is 17.3 Å². The van der Waals surface area contributed by atoms with Crippen LogP contribution in [0.1, 0.15) is 65.2 Å². The van der Waals surface area contributed by atoms with Crippen LogP contribution in [-0.4, -0.2) is 42.1 Å². The third kappa shape index (κ3) is 8.73. The maximum Gasteiger partial charge on any atom is 0.171 e. The number of hydrogen-bond donors (Lipinski definition) is 0. The first-order valence-electron chi connectivity index (χ1n) is 7.59. The topological polar surface area (TPSA) is 6.48 Å². The number of thiocarbonyl (C=S) groups is 1. The molecule has 0 aromatic rings. The molecular weight excluding hydrogens is 240 g/mol. The smallest absolute Gasteiger partial charge is 0.171 e. The van der Waals surface area contributed by atoms with E-state index in [2.05, 4.69) is 23.6 Å². The maximum atomic E-state index is 5.51. The summed E-state index contributed by atoms with van der Waals surface area (Å²) in [5.74, 6) is 0. The van der Waals surface area contributed by atoms with Crippen LogP contribution in [0, 0.1) is 0 Å². The summed E-state index contributed by atoms with van der Waals surface area (Å²) < 4.78 is 0. The van der Waals surface area contributed by atoms with E-state index < -0.39 is 0 Å². The zero-order valence-electron chi connectivity index (χ0n) is 12.9. The molecule has 0 rings (SSSR count). The summed E-state index contributed by atoms with van der Waals surface area (Å²) in [7, 11) is 4.10. The molecule has 0 aliphatic rings. The Morgan fingerprint density at radius 2 is 1.22 bits per heavy atom. The highest BCUT2D eigenvalue weighted by molar-refractivity contribution is 7.80. The summed E-state index contributed by atoms with van der Waals surface area (Å²) in [4.78, 5) is 4.45. The predicted molar refractivity (Wildman–Crippen MR) is 86.1 cm³/mol. The molecule has 0 N–H and O–H groups in total. The molecule has 0 bridgehead atoms. The van der Waals surface area contributed by atoms with Gasteiger partial charge in [0.1, 0.15) is 0 Å². The monoisotopic (exact) mass is 272 g/mol. The van der Waals surface area contributed by atoms with Crippen molar-refractivity contribution in [1.29, 1.82) is 0 Å². The molecule has 108 valence electrons. The second-order valence-corrected chi connectivity index (χ2v) is 5.65. The first-order chi connectivity index (χ1) is 8.63. The van der Waals surface area contributed by atoms with E-state index in [1.807, 2.05) is 14.1 Å². The average Bonchev–Trinajstić information content (AvgIpc) is 2.36. The summed E-state index contributed by atoms with van der Waals surface area (Å²) in [6.45, 7) is 6.77. The highest BCUT2D eigenvalue weighted by Gasteiger charge is 2.10. The van der Waals surface area contributed by atoms with Gasteiger partial charge < -0.3 is 9.80 Å². The van der Waals surface area contributed by atoms with E-state index in [4.69, 9.17) is 12.2 Å². The van der Waals surface area contributed by atoms with Gasteiger partial charge in [0.05, 0.1) is 0 Å². The summed E-state index contributed by atoms with van der Waals surface area (Å²) in [6, 6.07) is 0. The second-order valence-electron chi connectivity index (χ2n) is 5.29. The van der Waals surface area contributed by atoms with E-state index in [-0.39, 0.29) is 0 Å². The van der Waals surface area contributed by atoms with E-state index >= 15 is 0 Å². The Balaban J connectivity index is 3.96. The molecule has 0 aromatic heterocycles. The van der Waals surface area contributed by atoms with Gasteiger partial charge in [-0.3, -0.25) is 0 Å². The molecule has 0 heterocycles. The molecule has 0 radical (unpaired) electrons. The lowest BCUT2D eigenvalue weighted by molar-refractivity contribution is 0.354. The van der Waals surface area contributed by atoms with Crippen molar-refractivity contribution in [2.45, 2.75) is 65.2 Å². The Morgan fingerprint density at radius 3 is 1.56 bits per heavy atom. The number of rotatable bonds is 10. The summed E-state index contributed by atoms with van der Waals surface area (Å²) in [5.41, 5.74) is 0. The van der Waals surface area contributed by atoms with Gasteiger partial charge in [0.2, 0.25) is 0 Å². The molecule has 0 amide bonds. The summed E-state index contributed by atoms with van der Waals surface area (Å²) in [6.07, 6.45) is 10.5. The molecule has 0 fully saturated rings. The fourth-order valence-corrected chi connectivity index (χ4v) is 2.23. The molecule has 0 saturated carbocycles. The molecule has 0 aromatic carbocycles. The van der Waals surface area contributed by atoms with E-state index in [0.717, 1.165) is 18.2 Å². The largest absolute Gasteiger partial charge is 0.355 e. The Labute approximate surface area is 120 Å². The van der Waals surface area contributed by atoms with Gasteiger partial charge in [-0.25, -0.2) is 0 Å². The van der Waals surface area contributed by atoms with Gasteiger partial charge in [0.15, 0.2) is 5.11 Å². The van der Waals surface area contributed by atoms with Crippen molar-refractivity contribution in [3.63, 3.8) is 0 Å². The molecular formula is C15H32N2S. The van der Waals surface area contributed by atoms with Crippen LogP contribution < -0.4 is 0 Å². The van der Waals surface area contributed by atoms with Gasteiger partial charge in [-0.1, -0.05) is 52.4 Å². The van der Waals surface area contributed by atoms with Crippen molar-refractivity contribution in [3.05, 3.63) is 0 Å². The van der Waals surface area contributed by atoms with Crippen molar-refractivity contribution in [2.24, 2.45) is 0 Å². The predicted octanol–water partition coefficient (Wildman–Crippen LogP) is 4.30. The van der Waals surface area contributed by atoms with Crippen LogP contribution in [0.5, 0.6) is 0 Å². The van der Waals surface area contributed by atoms with Gasteiger partial charge in [0, 0.05) is 27.2 Å². The molecule has 0 saturated heterocycles. The third-order valence-electron chi connectivity index (χ3n) is 3.22. The zero-order chi connectivity index (χ0) is 13.8. The van der Waals surface area contributed by atoms with E-state index in [9.17, 15) is 0 Å². The van der Waals surface area contributed by atoms with Gasteiger partial charge >= 0.3 is 0 Å². The van der Waals surface area contributed by atoms with Crippen LogP contribution in [0.4, 0.5) is 0 Å². The normalized spacial score (nSPS) is 10.4. The van der Waals surface area contributed by atoms with Crippen molar-refractivity contribution in [3.8, 4) is 0 Å². The number of unbranched alkanes of at least 4 members (excludes halogenated alkanes) is 6. The van der Waals surface area contributed by atoms with E-state index in [0.29, 0.717) is 0 Å². The molecule has 2 nitrogen and oxygen atoms in total. The quantitative estimate of drug-likeness (QED) is 0.432. The molecule has 0 aliphatic heterocycles. The summed E-state index contributed by atoms with van der Waals surface area (Å²) in [5, 5.41) is 1.00. The standard InChI is InChI=1S/C15H32N2S/c1-5-7-9-11-13-17(15(18)16(3)4)14-12-10-8-6-2/h5-14H2,1-4H3. The third-order valence-corrected chi connectivity index (χ3v) is 3.84. The van der Waals surface area contributed by atoms with Gasteiger partial charge in [0.25, 0.3) is 0 Å². The second kappa shape index (κ2) is 11.8. The molecule has 3 heteroatoms. The maximum absolute atomic E-state index is 5.51. The van der Waals surface area contributed by atoms with Crippen molar-refractivity contribution < 1.29 is 0 Å². The Kier molecular flexibility index (Phi) is 11.6. The minimum absolute atomic E-state index is 1.00. The van der Waals surface area contributed by atoms with Crippen LogP contribution in [-0.2, 0) is 0 Å². The van der Waals surface area contributed by atoms with Crippen molar-refractivity contribution in [2.75, 3.05) is 27.2 Å². The Morgan fingerprint density at radius 1 is 0.778 bits per heavy atom. The zero-order valence-corrected chi connectivity index (χ0v) is 13.7. The lowest BCUT2D eigenvalue weighted by Gasteiger charge is -2.29. The van der Waals surface area contributed by atoms with Crippen LogP contribution in [0.15, 0.2) is 0 Å². The van der Waals surface area contributed by atoms with Crippen LogP contribution in [0.3, 0.4) is 0 Å². The molecule has 0 spiro atoms. The lowest BCUT2D eigenvalue weighted by Crippen LogP contribution is -2.40. The van der Waals surface area contributed by atoms with Crippen molar-refractivity contribution in [1.82, 2.24) is 9.80 Å². The number of nitrogens with zero attached hydrogens (tertiary/aromatic N) is 2. The first-order valence-corrected chi connectivity index (χ1v) is 8.00. The van der Waals surface area contributed by atoms with Gasteiger partial charge in [-0.05, 0) is 25.1 Å². The minimum atomic E-state index is 1.00. The lowest BCUT2D eigenvalue weighted by atomic mass is 10.2. The highest BCUT2D eigenvalue weighted by atomic mass is 32.1. The van der Waals surface area contributed by atoms with Gasteiger partial charge in [-0.2, -0.15) is 0 Å². The van der Waals surface area contributed by atoms with Gasteiger partial charge in [-0.15, -0.1) is 0 Å². The van der Waals surface area contributed by atoms with Crippen LogP contribution >= 0.6 is 12.2 Å². The van der Waals surface area contributed by atoms with E-state index in [1.165, 1.54) is 51.4 Å². The van der Waals surface area contributed by atoms with E-state index in [1.54, 1.807) is 0 Å². The molecule has 18 heavy (non-hydrogen) atoms. The molecule has 0 atom stereocenters. The first kappa shape index (κ1) is 17.7. The Bertz CT molecular complexity index is 193. The average molecular weight is 273 g/mol. The number of hydrogen-bond acceptors (Lipinski definition) is 1. The van der Waals surface area contributed by atoms with Crippen LogP contribution in [0.2, 0.25) is 0 Å². The molecule has 0 unspecified atom stereocenters. The Hall–Kier alpha value is -0.310. The highest BCUT2D eigenvalue weighted by Crippen LogP contribution is 2.07. The SMILES string of the molecule is CCCCCCN(CCCCCC)C(=S)N(C)C. The fraction of sp³-hybridized carbons (Fsp3) is 0.933. The minimum Gasteiger partial charge on any atom is -0.355 e. The summed E-state index contributed by atoms with van der Waals surface area (Å²) >= 11 is 5.51. The molecule has 0 aliphatic carbocycles.